The molecule has 1 aliphatic carbocycles. The zero-order valence-corrected chi connectivity index (χ0v) is 22.0. The molecular weight excluding hydrogens is 420 g/mol. The number of rotatable bonds is 4. The topological polar surface area (TPSA) is 0 Å². The number of allylic oxidation sites excluding steroid dienone is 13. The fraction of sp³-hybridized carbons (Fsp3) is 0.229. The molecule has 0 saturated carbocycles. The number of hydrogen-bond donors (Lipinski definition) is 0. The van der Waals surface area contributed by atoms with E-state index in [1.807, 2.05) is 42.5 Å². The lowest BCUT2D eigenvalue weighted by molar-refractivity contribution is 1.40. The van der Waals surface area contributed by atoms with Crippen molar-refractivity contribution in [1.29, 1.82) is 0 Å². The Morgan fingerprint density at radius 3 is 1.86 bits per heavy atom. The third kappa shape index (κ3) is 13.0. The van der Waals surface area contributed by atoms with Gasteiger partial charge in [-0.25, -0.2) is 0 Å². The van der Waals surface area contributed by atoms with Crippen molar-refractivity contribution in [3.63, 3.8) is 0 Å². The Balaban J connectivity index is 0.000000589. The second-order valence-electron chi connectivity index (χ2n) is 8.09. The summed E-state index contributed by atoms with van der Waals surface area (Å²) < 4.78 is 0. The van der Waals surface area contributed by atoms with Gasteiger partial charge in [0.15, 0.2) is 0 Å². The van der Waals surface area contributed by atoms with Gasteiger partial charge in [0.2, 0.25) is 0 Å². The molecular formula is C35H44. The van der Waals surface area contributed by atoms with Gasteiger partial charge in [-0.2, -0.15) is 0 Å². The Kier molecular flexibility index (Phi) is 16.9. The van der Waals surface area contributed by atoms with Crippen LogP contribution in [0.25, 0.3) is 5.57 Å². The summed E-state index contributed by atoms with van der Waals surface area (Å²) >= 11 is 0. The van der Waals surface area contributed by atoms with Gasteiger partial charge in [-0.3, -0.25) is 0 Å². The molecule has 0 N–H and O–H groups in total. The van der Waals surface area contributed by atoms with Crippen LogP contribution in [0.15, 0.2) is 138 Å². The van der Waals surface area contributed by atoms with Crippen molar-refractivity contribution in [1.82, 2.24) is 0 Å². The Bertz CT molecular complexity index is 1100. The summed E-state index contributed by atoms with van der Waals surface area (Å²) in [5, 5.41) is 0. The summed E-state index contributed by atoms with van der Waals surface area (Å²) in [6, 6.07) is 19.0. The van der Waals surface area contributed by atoms with Crippen LogP contribution in [0.2, 0.25) is 0 Å². The average molecular weight is 465 g/mol. The van der Waals surface area contributed by atoms with Gasteiger partial charge in [-0.05, 0) is 88.5 Å². The highest BCUT2D eigenvalue weighted by molar-refractivity contribution is 5.83. The summed E-state index contributed by atoms with van der Waals surface area (Å²) in [6.45, 7) is 14.6. The second kappa shape index (κ2) is 18.8. The lowest BCUT2D eigenvalue weighted by Crippen LogP contribution is -1.91. The lowest BCUT2D eigenvalue weighted by atomic mass is 9.93. The third-order valence-electron chi connectivity index (χ3n) is 5.03. The van der Waals surface area contributed by atoms with Gasteiger partial charge >= 0.3 is 0 Å². The molecule has 0 aliphatic heterocycles. The minimum absolute atomic E-state index is 0. The fourth-order valence-electron chi connectivity index (χ4n) is 3.23. The Hall–Kier alpha value is -3.60. The summed E-state index contributed by atoms with van der Waals surface area (Å²) in [5.74, 6) is 0. The van der Waals surface area contributed by atoms with Crippen LogP contribution in [-0.2, 0) is 0 Å². The first kappa shape index (κ1) is 31.4. The molecule has 35 heavy (non-hydrogen) atoms. The van der Waals surface area contributed by atoms with Crippen LogP contribution in [0.3, 0.4) is 0 Å². The number of benzene rings is 2. The molecule has 3 rings (SSSR count). The molecule has 0 bridgehead atoms. The van der Waals surface area contributed by atoms with Gasteiger partial charge in [0.25, 0.3) is 0 Å². The van der Waals surface area contributed by atoms with Crippen LogP contribution in [-0.4, -0.2) is 0 Å². The van der Waals surface area contributed by atoms with E-state index in [9.17, 15) is 0 Å². The molecule has 2 aromatic carbocycles. The lowest BCUT2D eigenvalue weighted by Gasteiger charge is -2.12. The van der Waals surface area contributed by atoms with Gasteiger partial charge in [0.05, 0.1) is 0 Å². The predicted octanol–water partition coefficient (Wildman–Crippen LogP) is 10.7. The van der Waals surface area contributed by atoms with E-state index < -0.39 is 0 Å². The van der Waals surface area contributed by atoms with Crippen LogP contribution >= 0.6 is 0 Å². The summed E-state index contributed by atoms with van der Waals surface area (Å²) in [4.78, 5) is 0. The minimum Gasteiger partial charge on any atom is -0.121 e. The van der Waals surface area contributed by atoms with Crippen molar-refractivity contribution in [2.24, 2.45) is 0 Å². The van der Waals surface area contributed by atoms with Gasteiger partial charge in [0.1, 0.15) is 0 Å². The first-order chi connectivity index (χ1) is 16.4. The van der Waals surface area contributed by atoms with Crippen molar-refractivity contribution < 1.29 is 0 Å². The van der Waals surface area contributed by atoms with E-state index in [0.717, 1.165) is 0 Å². The normalized spacial score (nSPS) is 13.1. The van der Waals surface area contributed by atoms with E-state index >= 15 is 0 Å². The predicted molar refractivity (Wildman–Crippen MR) is 161 cm³/mol. The largest absolute Gasteiger partial charge is 0.121 e. The van der Waals surface area contributed by atoms with Crippen LogP contribution in [0, 0.1) is 13.8 Å². The van der Waals surface area contributed by atoms with Crippen LogP contribution in [0.5, 0.6) is 0 Å². The highest BCUT2D eigenvalue weighted by Crippen LogP contribution is 2.27. The second-order valence-corrected chi connectivity index (χ2v) is 8.09. The zero-order valence-electron chi connectivity index (χ0n) is 22.0. The van der Waals surface area contributed by atoms with E-state index in [1.165, 1.54) is 39.0 Å². The van der Waals surface area contributed by atoms with Crippen molar-refractivity contribution >= 4 is 5.57 Å². The fourth-order valence-corrected chi connectivity index (χ4v) is 3.23. The summed E-state index contributed by atoms with van der Waals surface area (Å²) in [5.41, 5.74) is 12.0. The number of aryl methyl sites for hydroxylation is 2. The first-order valence-electron chi connectivity index (χ1n) is 11.9. The van der Waals surface area contributed by atoms with Gasteiger partial charge in [-0.15, -0.1) is 5.73 Å². The van der Waals surface area contributed by atoms with Crippen LogP contribution in [0.4, 0.5) is 0 Å². The van der Waals surface area contributed by atoms with Crippen molar-refractivity contribution in [2.45, 2.75) is 55.9 Å². The zero-order chi connectivity index (χ0) is 25.2. The maximum Gasteiger partial charge on any atom is -0.0152 e. The van der Waals surface area contributed by atoms with Gasteiger partial charge in [-0.1, -0.05) is 122 Å². The SMILES string of the molecule is C.CC1=CC=CC=C=C1.C\C=C/C(C)=C(\C=C/C)C(=C\C)/c1ccc(C)cc1.Cc1ccccc1. The van der Waals surface area contributed by atoms with E-state index in [2.05, 4.69) is 127 Å². The van der Waals surface area contributed by atoms with Gasteiger partial charge < -0.3 is 0 Å². The molecule has 2 aromatic rings. The smallest absolute Gasteiger partial charge is 0.0152 e. The highest BCUT2D eigenvalue weighted by Gasteiger charge is 2.06. The highest BCUT2D eigenvalue weighted by atomic mass is 14.1. The van der Waals surface area contributed by atoms with Crippen molar-refractivity contribution in [2.75, 3.05) is 0 Å². The summed E-state index contributed by atoms with van der Waals surface area (Å²) in [7, 11) is 0. The van der Waals surface area contributed by atoms with Crippen molar-refractivity contribution in [3.05, 3.63) is 154 Å². The van der Waals surface area contributed by atoms with E-state index in [0.29, 0.717) is 0 Å². The van der Waals surface area contributed by atoms with Crippen LogP contribution in [0.1, 0.15) is 58.7 Å². The minimum atomic E-state index is 0. The molecule has 0 radical (unpaired) electrons. The quantitative estimate of drug-likeness (QED) is 0.312. The Labute approximate surface area is 215 Å². The molecule has 184 valence electrons. The van der Waals surface area contributed by atoms with E-state index in [1.54, 1.807) is 0 Å². The molecule has 0 heterocycles. The molecule has 0 unspecified atom stereocenters. The number of hydrogen-bond acceptors (Lipinski definition) is 0. The molecule has 0 fully saturated rings. The maximum absolute atomic E-state index is 2.99. The molecule has 0 heteroatoms. The molecule has 0 atom stereocenters. The third-order valence-corrected chi connectivity index (χ3v) is 5.03. The molecule has 1 aliphatic rings. The molecule has 0 aromatic heterocycles. The molecule has 0 nitrogen and oxygen atoms in total. The maximum atomic E-state index is 2.99. The molecule has 0 saturated heterocycles. The summed E-state index contributed by atoms with van der Waals surface area (Å²) in [6.07, 6.45) is 20.6. The Morgan fingerprint density at radius 2 is 1.34 bits per heavy atom. The standard InChI is InChI=1S/C19H24.C8H8.C7H8.CH4/c1-6-9-16(5)19(10-7-2)18(8-3)17-13-11-15(4)12-14-17;1-8-6-4-2-3-5-7-8;1-7-5-3-2-4-6-7;/h6-14H,1-5H3;2-4,6-7H,1H3;2-6H,1H3;1H4/b9-6-,10-7-,18-8-,19-16+;;;. The average Bonchev–Trinajstić information content (AvgIpc) is 3.09. The van der Waals surface area contributed by atoms with E-state index in [-0.39, 0.29) is 7.43 Å². The molecule has 0 amide bonds. The van der Waals surface area contributed by atoms with Gasteiger partial charge in [0, 0.05) is 0 Å². The van der Waals surface area contributed by atoms with E-state index in [4.69, 9.17) is 0 Å². The van der Waals surface area contributed by atoms with Crippen molar-refractivity contribution in [3.8, 4) is 0 Å². The molecule has 0 spiro atoms. The monoisotopic (exact) mass is 464 g/mol. The van der Waals surface area contributed by atoms with Crippen LogP contribution < -0.4 is 0 Å². The first-order valence-corrected chi connectivity index (χ1v) is 11.9. The Morgan fingerprint density at radius 1 is 0.743 bits per heavy atom.